The zero-order valence-electron chi connectivity index (χ0n) is 11.5. The molecule has 1 rings (SSSR count). The molecular formula is C11H23N2O4P. The molecule has 0 aliphatic heterocycles. The number of phosphoric acid groups is 1. The molecule has 0 aliphatic carbocycles. The number of nitrogens with one attached hydrogen (secondary N) is 1. The molecule has 0 amide bonds. The first kappa shape index (κ1) is 17.3. The molecule has 0 aromatic carbocycles. The fraction of sp³-hybridized carbons (Fsp3) is 0.727. The Balaban J connectivity index is 0.000000321. The first-order valence-corrected chi connectivity index (χ1v) is 7.62. The van der Waals surface area contributed by atoms with Crippen molar-refractivity contribution in [2.24, 2.45) is 0 Å². The zero-order chi connectivity index (χ0) is 14.0. The van der Waals surface area contributed by atoms with Crippen LogP contribution in [0.3, 0.4) is 0 Å². The van der Waals surface area contributed by atoms with E-state index in [-0.39, 0.29) is 13.2 Å². The van der Waals surface area contributed by atoms with Crippen LogP contribution in [0.25, 0.3) is 0 Å². The van der Waals surface area contributed by atoms with Gasteiger partial charge in [0, 0.05) is 6.42 Å². The van der Waals surface area contributed by atoms with Gasteiger partial charge in [-0.1, -0.05) is 6.92 Å². The van der Waals surface area contributed by atoms with Crippen molar-refractivity contribution in [1.29, 1.82) is 0 Å². The van der Waals surface area contributed by atoms with Crippen molar-refractivity contribution in [3.05, 3.63) is 18.2 Å². The number of rotatable bonds is 6. The summed E-state index contributed by atoms with van der Waals surface area (Å²) >= 11 is 0. The second-order valence-electron chi connectivity index (χ2n) is 3.33. The van der Waals surface area contributed by atoms with Gasteiger partial charge < -0.3 is 13.9 Å². The largest absolute Gasteiger partial charge is 0.756 e. The van der Waals surface area contributed by atoms with Crippen molar-refractivity contribution in [3.8, 4) is 0 Å². The number of hydrogen-bond donors (Lipinski definition) is 1. The molecule has 1 heterocycles. The molecule has 0 atom stereocenters. The third-order valence-electron chi connectivity index (χ3n) is 2.10. The van der Waals surface area contributed by atoms with Crippen LogP contribution in [0.2, 0.25) is 0 Å². The van der Waals surface area contributed by atoms with Crippen molar-refractivity contribution < 1.29 is 23.1 Å². The van der Waals surface area contributed by atoms with Gasteiger partial charge in [-0.15, -0.1) is 0 Å². The maximum absolute atomic E-state index is 10.4. The summed E-state index contributed by atoms with van der Waals surface area (Å²) in [6, 6.07) is 0. The molecule has 0 saturated heterocycles. The van der Waals surface area contributed by atoms with Gasteiger partial charge in [0.05, 0.1) is 19.8 Å². The number of aromatic amines is 1. The molecule has 6 nitrogen and oxygen atoms in total. The normalized spacial score (nSPS) is 10.9. The third-order valence-corrected chi connectivity index (χ3v) is 3.25. The number of H-pyrrole nitrogens is 1. The average molecular weight is 278 g/mol. The van der Waals surface area contributed by atoms with Gasteiger partial charge in [0.25, 0.3) is 13.6 Å². The number of nitrogens with zero attached hydrogens (tertiary/aromatic N) is 1. The summed E-state index contributed by atoms with van der Waals surface area (Å²) in [6.45, 7) is 8.78. The van der Waals surface area contributed by atoms with Crippen LogP contribution < -0.4 is 9.46 Å². The number of hydrogen-bond acceptors (Lipinski definition) is 4. The molecule has 106 valence electrons. The molecule has 0 aliphatic rings. The van der Waals surface area contributed by atoms with E-state index in [1.165, 1.54) is 5.82 Å². The van der Waals surface area contributed by atoms with E-state index in [1.54, 1.807) is 13.8 Å². The van der Waals surface area contributed by atoms with E-state index in [0.29, 0.717) is 0 Å². The van der Waals surface area contributed by atoms with E-state index in [2.05, 4.69) is 38.6 Å². The van der Waals surface area contributed by atoms with Crippen molar-refractivity contribution in [3.63, 3.8) is 0 Å². The predicted molar refractivity (Wildman–Crippen MR) is 66.9 cm³/mol. The van der Waals surface area contributed by atoms with Gasteiger partial charge in [0.2, 0.25) is 0 Å². The molecule has 0 bridgehead atoms. The van der Waals surface area contributed by atoms with Gasteiger partial charge in [-0.2, -0.15) is 0 Å². The molecule has 1 aromatic heterocycles. The number of aryl methyl sites for hydroxylation is 2. The van der Waals surface area contributed by atoms with E-state index in [9.17, 15) is 9.46 Å². The molecule has 1 aromatic rings. The monoisotopic (exact) mass is 278 g/mol. The molecular weight excluding hydrogens is 255 g/mol. The Kier molecular flexibility index (Phi) is 8.93. The van der Waals surface area contributed by atoms with Gasteiger partial charge in [-0.05, 0) is 20.8 Å². The van der Waals surface area contributed by atoms with E-state index in [0.717, 1.165) is 13.0 Å². The minimum Gasteiger partial charge on any atom is -0.756 e. The summed E-state index contributed by atoms with van der Waals surface area (Å²) in [5.41, 5.74) is 0. The highest BCUT2D eigenvalue weighted by Gasteiger charge is 2.04. The minimum atomic E-state index is -3.94. The van der Waals surface area contributed by atoms with Gasteiger partial charge in [-0.3, -0.25) is 4.57 Å². The molecule has 0 spiro atoms. The van der Waals surface area contributed by atoms with Crippen LogP contribution in [-0.2, 0) is 26.6 Å². The van der Waals surface area contributed by atoms with Crippen molar-refractivity contribution in [2.45, 2.75) is 40.7 Å². The Morgan fingerprint density at radius 3 is 2.17 bits per heavy atom. The van der Waals surface area contributed by atoms with Gasteiger partial charge in [0.1, 0.15) is 12.4 Å². The van der Waals surface area contributed by atoms with Crippen LogP contribution in [0.4, 0.5) is 0 Å². The molecule has 0 fully saturated rings. The third kappa shape index (κ3) is 6.91. The van der Waals surface area contributed by atoms with Crippen LogP contribution >= 0.6 is 7.82 Å². The van der Waals surface area contributed by atoms with Crippen LogP contribution in [0.5, 0.6) is 0 Å². The van der Waals surface area contributed by atoms with E-state index in [4.69, 9.17) is 0 Å². The summed E-state index contributed by atoms with van der Waals surface area (Å²) in [4.78, 5) is 13.6. The smallest absolute Gasteiger partial charge is 0.267 e. The van der Waals surface area contributed by atoms with E-state index < -0.39 is 7.82 Å². The fourth-order valence-corrected chi connectivity index (χ4v) is 2.06. The molecule has 7 heteroatoms. The highest BCUT2D eigenvalue weighted by molar-refractivity contribution is 7.45. The average Bonchev–Trinajstić information content (AvgIpc) is 2.76. The second kappa shape index (κ2) is 9.28. The fourth-order valence-electron chi connectivity index (χ4n) is 1.35. The number of aromatic nitrogens is 2. The predicted octanol–water partition coefficient (Wildman–Crippen LogP) is 1.41. The summed E-state index contributed by atoms with van der Waals surface area (Å²) in [5, 5.41) is 0. The Labute approximate surface area is 109 Å². The molecule has 0 radical (unpaired) electrons. The summed E-state index contributed by atoms with van der Waals surface area (Å²) in [6.07, 6.45) is 5.13. The van der Waals surface area contributed by atoms with Crippen molar-refractivity contribution in [2.75, 3.05) is 13.2 Å². The number of imidazole rings is 1. The first-order valence-electron chi connectivity index (χ1n) is 6.16. The zero-order valence-corrected chi connectivity index (χ0v) is 12.4. The van der Waals surface area contributed by atoms with Gasteiger partial charge in [0.15, 0.2) is 0 Å². The summed E-state index contributed by atoms with van der Waals surface area (Å²) in [7, 11) is -3.94. The standard InChI is InChI=1S/C7H12N2.C4H11O4P/c1-3-7-8-5-6-9(7)4-2;1-3-7-9(5,6)8-4-2/h5-6H,3-4H2,1-2H3;3-4H2,1-2H3,(H,5,6). The Hall–Kier alpha value is -0.680. The summed E-state index contributed by atoms with van der Waals surface area (Å²) in [5.74, 6) is 1.30. The maximum Gasteiger partial charge on any atom is 0.267 e. The highest BCUT2D eigenvalue weighted by atomic mass is 31.2. The lowest BCUT2D eigenvalue weighted by Gasteiger charge is -2.20. The van der Waals surface area contributed by atoms with Crippen LogP contribution in [0.1, 0.15) is 33.5 Å². The van der Waals surface area contributed by atoms with Crippen LogP contribution in [0.15, 0.2) is 12.4 Å². The topological polar surface area (TPSA) is 78.3 Å². The van der Waals surface area contributed by atoms with Crippen LogP contribution in [0, 0.1) is 0 Å². The van der Waals surface area contributed by atoms with E-state index in [1.807, 2.05) is 6.20 Å². The number of phosphoric ester groups is 1. The first-order chi connectivity index (χ1) is 8.50. The summed E-state index contributed by atoms with van der Waals surface area (Å²) < 4.78 is 21.1. The quantitative estimate of drug-likeness (QED) is 0.630. The molecule has 1 N–H and O–H groups in total. The van der Waals surface area contributed by atoms with Crippen molar-refractivity contribution in [1.82, 2.24) is 4.98 Å². The SMILES string of the molecule is CCOP(=O)([O-])OCC.CCc1[nH]cc[n+]1CC. The Morgan fingerprint density at radius 1 is 1.28 bits per heavy atom. The highest BCUT2D eigenvalue weighted by Crippen LogP contribution is 2.37. The van der Waals surface area contributed by atoms with E-state index >= 15 is 0 Å². The van der Waals surface area contributed by atoms with Gasteiger partial charge in [-0.25, -0.2) is 9.55 Å². The molecule has 0 saturated carbocycles. The lowest BCUT2D eigenvalue weighted by molar-refractivity contribution is -0.699. The molecule has 0 unspecified atom stereocenters. The van der Waals surface area contributed by atoms with Crippen LogP contribution in [-0.4, -0.2) is 18.2 Å². The minimum absolute atomic E-state index is 0.126. The van der Waals surface area contributed by atoms with Gasteiger partial charge >= 0.3 is 0 Å². The Morgan fingerprint density at radius 2 is 1.83 bits per heavy atom. The lowest BCUT2D eigenvalue weighted by Crippen LogP contribution is -2.34. The second-order valence-corrected chi connectivity index (χ2v) is 4.74. The molecule has 18 heavy (non-hydrogen) atoms. The Bertz CT molecular complexity index is 339. The van der Waals surface area contributed by atoms with Crippen molar-refractivity contribution >= 4 is 7.82 Å². The lowest BCUT2D eigenvalue weighted by atomic mass is 10.4. The maximum atomic E-state index is 10.4.